The fraction of sp³-hybridized carbons (Fsp3) is 0.350. The van der Waals surface area contributed by atoms with Gasteiger partial charge < -0.3 is 10.1 Å². The molecule has 7 heteroatoms. The van der Waals surface area contributed by atoms with E-state index in [0.717, 1.165) is 42.7 Å². The first-order chi connectivity index (χ1) is 13.2. The lowest BCUT2D eigenvalue weighted by Crippen LogP contribution is -2.38. The second-order valence-electron chi connectivity index (χ2n) is 6.78. The predicted molar refractivity (Wildman–Crippen MR) is 104 cm³/mol. The van der Waals surface area contributed by atoms with Crippen LogP contribution in [0.3, 0.4) is 0 Å². The van der Waals surface area contributed by atoms with Gasteiger partial charge >= 0.3 is 0 Å². The molecule has 3 aromatic rings. The van der Waals surface area contributed by atoms with Gasteiger partial charge in [0.25, 0.3) is 0 Å². The second-order valence-corrected chi connectivity index (χ2v) is 6.78. The summed E-state index contributed by atoms with van der Waals surface area (Å²) in [4.78, 5) is 11.6. The monoisotopic (exact) mass is 364 g/mol. The number of hydrogen-bond donors (Lipinski definition) is 1. The highest BCUT2D eigenvalue weighted by molar-refractivity contribution is 5.51. The van der Waals surface area contributed by atoms with Crippen LogP contribution in [0, 0.1) is 6.92 Å². The molecule has 27 heavy (non-hydrogen) atoms. The van der Waals surface area contributed by atoms with E-state index in [4.69, 9.17) is 9.72 Å². The third kappa shape index (κ3) is 4.32. The molecule has 1 atom stereocenters. The van der Waals surface area contributed by atoms with Crippen molar-refractivity contribution < 1.29 is 4.74 Å². The third-order valence-electron chi connectivity index (χ3n) is 4.70. The molecule has 140 valence electrons. The molecule has 0 spiro atoms. The summed E-state index contributed by atoms with van der Waals surface area (Å²) in [6.45, 7) is 5.25. The number of rotatable bonds is 5. The van der Waals surface area contributed by atoms with Gasteiger partial charge in [0.1, 0.15) is 17.7 Å². The quantitative estimate of drug-likeness (QED) is 0.751. The van der Waals surface area contributed by atoms with Gasteiger partial charge in [-0.05, 0) is 37.3 Å². The standard InChI is InChI=1S/C20H24N6O/c1-15-5-3-7-19(22-15)24-20-8-4-6-17(23-20)18-14-26(11-12-27-18)13-16-9-10-21-25(16)2/h3-10,18H,11-14H2,1-2H3,(H,22,23,24)/t18-/m1/s1. The molecule has 0 aliphatic carbocycles. The summed E-state index contributed by atoms with van der Waals surface area (Å²) in [5.74, 6) is 1.57. The lowest BCUT2D eigenvalue weighted by atomic mass is 10.2. The number of ether oxygens (including phenoxy) is 1. The second kappa shape index (κ2) is 7.85. The average molecular weight is 364 g/mol. The Morgan fingerprint density at radius 3 is 2.70 bits per heavy atom. The van der Waals surface area contributed by atoms with E-state index in [-0.39, 0.29) is 6.10 Å². The molecule has 7 nitrogen and oxygen atoms in total. The summed E-state index contributed by atoms with van der Waals surface area (Å²) >= 11 is 0. The number of nitrogens with one attached hydrogen (secondary N) is 1. The molecule has 0 unspecified atom stereocenters. The van der Waals surface area contributed by atoms with Crippen LogP contribution in [0.25, 0.3) is 0 Å². The first-order valence-corrected chi connectivity index (χ1v) is 9.16. The number of morpholine rings is 1. The van der Waals surface area contributed by atoms with Crippen molar-refractivity contribution in [3.05, 3.63) is 65.7 Å². The Morgan fingerprint density at radius 2 is 1.93 bits per heavy atom. The third-order valence-corrected chi connectivity index (χ3v) is 4.70. The van der Waals surface area contributed by atoms with E-state index in [2.05, 4.69) is 26.4 Å². The summed E-state index contributed by atoms with van der Waals surface area (Å²) in [7, 11) is 1.98. The van der Waals surface area contributed by atoms with E-state index < -0.39 is 0 Å². The molecule has 1 aliphatic heterocycles. The minimum Gasteiger partial charge on any atom is -0.369 e. The maximum Gasteiger partial charge on any atom is 0.131 e. The van der Waals surface area contributed by atoms with Crippen molar-refractivity contribution in [1.82, 2.24) is 24.6 Å². The molecule has 0 aromatic carbocycles. The van der Waals surface area contributed by atoms with Crippen molar-refractivity contribution in [2.24, 2.45) is 7.05 Å². The Hall–Kier alpha value is -2.77. The van der Waals surface area contributed by atoms with Crippen molar-refractivity contribution >= 4 is 11.6 Å². The molecule has 4 heterocycles. The number of pyridine rings is 2. The number of hydrogen-bond acceptors (Lipinski definition) is 6. The van der Waals surface area contributed by atoms with Crippen LogP contribution in [0.4, 0.5) is 11.6 Å². The molecular weight excluding hydrogens is 340 g/mol. The van der Waals surface area contributed by atoms with Gasteiger partial charge in [-0.15, -0.1) is 0 Å². The van der Waals surface area contributed by atoms with Crippen molar-refractivity contribution in [3.8, 4) is 0 Å². The van der Waals surface area contributed by atoms with Crippen LogP contribution >= 0.6 is 0 Å². The van der Waals surface area contributed by atoms with Crippen molar-refractivity contribution in [3.63, 3.8) is 0 Å². The summed E-state index contributed by atoms with van der Waals surface area (Å²) < 4.78 is 7.92. The lowest BCUT2D eigenvalue weighted by Gasteiger charge is -2.32. The van der Waals surface area contributed by atoms with Gasteiger partial charge in [-0.25, -0.2) is 9.97 Å². The minimum atomic E-state index is -0.0424. The van der Waals surface area contributed by atoms with Crippen molar-refractivity contribution in [2.45, 2.75) is 19.6 Å². The molecule has 3 aromatic heterocycles. The Labute approximate surface area is 159 Å². The van der Waals surface area contributed by atoms with Gasteiger partial charge in [-0.1, -0.05) is 12.1 Å². The van der Waals surface area contributed by atoms with Crippen LogP contribution in [0.15, 0.2) is 48.7 Å². The normalized spacial score (nSPS) is 17.8. The fourth-order valence-electron chi connectivity index (χ4n) is 3.25. The Morgan fingerprint density at radius 1 is 1.11 bits per heavy atom. The first kappa shape index (κ1) is 17.6. The zero-order valence-corrected chi connectivity index (χ0v) is 15.7. The van der Waals surface area contributed by atoms with Gasteiger partial charge in [0.15, 0.2) is 0 Å². The molecule has 0 radical (unpaired) electrons. The van der Waals surface area contributed by atoms with Gasteiger partial charge in [-0.3, -0.25) is 9.58 Å². The summed E-state index contributed by atoms with van der Waals surface area (Å²) in [5.41, 5.74) is 3.10. The van der Waals surface area contributed by atoms with E-state index in [9.17, 15) is 0 Å². The minimum absolute atomic E-state index is 0.0424. The Kier molecular flexibility index (Phi) is 5.13. The van der Waals surface area contributed by atoms with Crippen LogP contribution in [-0.4, -0.2) is 44.3 Å². The van der Waals surface area contributed by atoms with Crippen LogP contribution in [0.5, 0.6) is 0 Å². The smallest absolute Gasteiger partial charge is 0.131 e. The van der Waals surface area contributed by atoms with Crippen LogP contribution < -0.4 is 5.32 Å². The molecule has 1 fully saturated rings. The van der Waals surface area contributed by atoms with Gasteiger partial charge in [0, 0.05) is 38.6 Å². The number of aryl methyl sites for hydroxylation is 2. The highest BCUT2D eigenvalue weighted by atomic mass is 16.5. The molecular formula is C20H24N6O. The van der Waals surface area contributed by atoms with E-state index >= 15 is 0 Å². The maximum absolute atomic E-state index is 6.00. The largest absolute Gasteiger partial charge is 0.369 e. The van der Waals surface area contributed by atoms with Crippen molar-refractivity contribution in [1.29, 1.82) is 0 Å². The molecule has 1 N–H and O–H groups in total. The lowest BCUT2D eigenvalue weighted by molar-refractivity contribution is -0.0355. The zero-order chi connectivity index (χ0) is 18.6. The van der Waals surface area contributed by atoms with E-state index in [1.54, 1.807) is 0 Å². The molecule has 0 bridgehead atoms. The van der Waals surface area contributed by atoms with Gasteiger partial charge in [0.2, 0.25) is 0 Å². The molecule has 0 saturated carbocycles. The van der Waals surface area contributed by atoms with Crippen LogP contribution in [0.2, 0.25) is 0 Å². The number of anilines is 2. The van der Waals surface area contributed by atoms with Gasteiger partial charge in [-0.2, -0.15) is 5.10 Å². The summed E-state index contributed by atoms with van der Waals surface area (Å²) in [6, 6.07) is 13.9. The van der Waals surface area contributed by atoms with Crippen molar-refractivity contribution in [2.75, 3.05) is 25.0 Å². The SMILES string of the molecule is Cc1cccc(Nc2cccc([C@H]3CN(Cc4ccnn4C)CCO3)n2)n1. The Balaban J connectivity index is 1.45. The first-order valence-electron chi connectivity index (χ1n) is 9.16. The number of aromatic nitrogens is 4. The highest BCUT2D eigenvalue weighted by Gasteiger charge is 2.24. The average Bonchev–Trinajstić information content (AvgIpc) is 3.07. The maximum atomic E-state index is 6.00. The molecule has 1 saturated heterocycles. The fourth-order valence-corrected chi connectivity index (χ4v) is 3.25. The van der Waals surface area contributed by atoms with E-state index in [1.807, 2.05) is 61.2 Å². The number of nitrogens with zero attached hydrogens (tertiary/aromatic N) is 5. The van der Waals surface area contributed by atoms with Crippen LogP contribution in [0.1, 0.15) is 23.2 Å². The Bertz CT molecular complexity index is 909. The molecule has 4 rings (SSSR count). The topological polar surface area (TPSA) is 68.1 Å². The predicted octanol–water partition coefficient (Wildman–Crippen LogP) is 2.84. The summed E-state index contributed by atoms with van der Waals surface area (Å²) in [6.07, 6.45) is 1.79. The highest BCUT2D eigenvalue weighted by Crippen LogP contribution is 2.23. The summed E-state index contributed by atoms with van der Waals surface area (Å²) in [5, 5.41) is 7.53. The van der Waals surface area contributed by atoms with E-state index in [1.165, 1.54) is 5.69 Å². The van der Waals surface area contributed by atoms with Crippen LogP contribution in [-0.2, 0) is 18.3 Å². The molecule has 1 aliphatic rings. The zero-order valence-electron chi connectivity index (χ0n) is 15.7. The van der Waals surface area contributed by atoms with E-state index in [0.29, 0.717) is 6.61 Å². The van der Waals surface area contributed by atoms with Gasteiger partial charge in [0.05, 0.1) is 18.0 Å². The molecule has 0 amide bonds.